The summed E-state index contributed by atoms with van der Waals surface area (Å²) < 4.78 is 0. The first-order valence-corrected chi connectivity index (χ1v) is 5.10. The lowest BCUT2D eigenvalue weighted by Gasteiger charge is -2.14. The summed E-state index contributed by atoms with van der Waals surface area (Å²) in [7, 11) is 2.24. The molecule has 13 heavy (non-hydrogen) atoms. The normalized spacial score (nSPS) is 16.5. The van der Waals surface area contributed by atoms with Crippen LogP contribution < -0.4 is 0 Å². The van der Waals surface area contributed by atoms with Gasteiger partial charge in [-0.3, -0.25) is 0 Å². The molecule has 0 bridgehead atoms. The maximum atomic E-state index is 2.48. The molecule has 0 atom stereocenters. The highest BCUT2D eigenvalue weighted by molar-refractivity contribution is 5.14. The molecule has 0 N–H and O–H groups in total. The van der Waals surface area contributed by atoms with E-state index in [1.165, 1.54) is 31.4 Å². The Morgan fingerprint density at radius 3 is 2.54 bits per heavy atom. The van der Waals surface area contributed by atoms with Gasteiger partial charge < -0.3 is 4.90 Å². The lowest BCUT2D eigenvalue weighted by Crippen LogP contribution is -2.23. The van der Waals surface area contributed by atoms with Gasteiger partial charge in [-0.25, -0.2) is 0 Å². The fraction of sp³-hybridized carbons (Fsp3) is 0.500. The monoisotopic (exact) mass is 175 g/mol. The van der Waals surface area contributed by atoms with E-state index in [0.29, 0.717) is 0 Å². The molecule has 0 heterocycles. The van der Waals surface area contributed by atoms with Gasteiger partial charge in [0.15, 0.2) is 0 Å². The lowest BCUT2D eigenvalue weighted by atomic mass is 10.1. The van der Waals surface area contributed by atoms with Gasteiger partial charge in [-0.15, -0.1) is 0 Å². The highest BCUT2D eigenvalue weighted by Crippen LogP contribution is 2.25. The van der Waals surface area contributed by atoms with Gasteiger partial charge in [0.1, 0.15) is 0 Å². The van der Waals surface area contributed by atoms with Crippen LogP contribution in [-0.2, 0) is 6.42 Å². The van der Waals surface area contributed by atoms with E-state index in [9.17, 15) is 0 Å². The van der Waals surface area contributed by atoms with E-state index < -0.39 is 0 Å². The summed E-state index contributed by atoms with van der Waals surface area (Å²) in [6.45, 7) is 1.20. The van der Waals surface area contributed by atoms with Gasteiger partial charge in [0.05, 0.1) is 0 Å². The molecule has 0 aliphatic heterocycles. The van der Waals surface area contributed by atoms with E-state index in [1.54, 1.807) is 0 Å². The van der Waals surface area contributed by atoms with Crippen molar-refractivity contribution < 1.29 is 0 Å². The molecule has 0 spiro atoms. The van der Waals surface area contributed by atoms with Crippen LogP contribution in [0.2, 0.25) is 0 Å². The standard InChI is InChI=1S/C12H17N/c1-13(12-7-8-12)10-9-11-5-3-2-4-6-11/h2-6,12H,7-10H2,1H3. The molecule has 70 valence electrons. The van der Waals surface area contributed by atoms with Gasteiger partial charge in [0.2, 0.25) is 0 Å². The lowest BCUT2D eigenvalue weighted by molar-refractivity contribution is 0.328. The second-order valence-corrected chi connectivity index (χ2v) is 3.95. The zero-order valence-electron chi connectivity index (χ0n) is 8.24. The minimum atomic E-state index is 0.892. The van der Waals surface area contributed by atoms with E-state index in [0.717, 1.165) is 6.04 Å². The van der Waals surface area contributed by atoms with Crippen molar-refractivity contribution in [3.05, 3.63) is 35.9 Å². The van der Waals surface area contributed by atoms with E-state index in [-0.39, 0.29) is 0 Å². The highest BCUT2D eigenvalue weighted by Gasteiger charge is 2.25. The van der Waals surface area contributed by atoms with Gasteiger partial charge in [0.25, 0.3) is 0 Å². The Morgan fingerprint density at radius 1 is 1.23 bits per heavy atom. The first kappa shape index (κ1) is 8.76. The van der Waals surface area contributed by atoms with E-state index in [2.05, 4.69) is 42.3 Å². The molecule has 1 saturated carbocycles. The Bertz CT molecular complexity index is 251. The molecular formula is C12H17N. The molecule has 1 fully saturated rings. The second kappa shape index (κ2) is 3.93. The van der Waals surface area contributed by atoms with Crippen molar-refractivity contribution in [2.45, 2.75) is 25.3 Å². The third-order valence-electron chi connectivity index (χ3n) is 2.77. The summed E-state index contributed by atoms with van der Waals surface area (Å²) in [6, 6.07) is 11.6. The van der Waals surface area contributed by atoms with Crippen molar-refractivity contribution in [2.24, 2.45) is 0 Å². The minimum absolute atomic E-state index is 0.892. The van der Waals surface area contributed by atoms with Crippen molar-refractivity contribution in [2.75, 3.05) is 13.6 Å². The predicted octanol–water partition coefficient (Wildman–Crippen LogP) is 2.32. The topological polar surface area (TPSA) is 3.24 Å². The summed E-state index contributed by atoms with van der Waals surface area (Å²) >= 11 is 0. The molecule has 0 radical (unpaired) electrons. The van der Waals surface area contributed by atoms with Gasteiger partial charge in [-0.2, -0.15) is 0 Å². The Morgan fingerprint density at radius 2 is 1.92 bits per heavy atom. The van der Waals surface area contributed by atoms with Crippen LogP contribution in [0, 0.1) is 0 Å². The molecule has 2 rings (SSSR count). The molecule has 0 unspecified atom stereocenters. The summed E-state index contributed by atoms with van der Waals surface area (Å²) in [5.74, 6) is 0. The molecule has 1 aliphatic rings. The number of rotatable bonds is 4. The number of likely N-dealkylation sites (N-methyl/N-ethyl adjacent to an activating group) is 1. The largest absolute Gasteiger partial charge is 0.303 e. The molecule has 0 saturated heterocycles. The first-order valence-electron chi connectivity index (χ1n) is 5.10. The van der Waals surface area contributed by atoms with Gasteiger partial charge in [-0.1, -0.05) is 30.3 Å². The van der Waals surface area contributed by atoms with Crippen molar-refractivity contribution in [1.82, 2.24) is 4.90 Å². The van der Waals surface area contributed by atoms with Crippen LogP contribution >= 0.6 is 0 Å². The molecule has 1 aromatic rings. The predicted molar refractivity (Wildman–Crippen MR) is 55.8 cm³/mol. The SMILES string of the molecule is CN(CCc1ccccc1)C1CC1. The fourth-order valence-electron chi connectivity index (χ4n) is 1.65. The Balaban J connectivity index is 1.78. The van der Waals surface area contributed by atoms with Crippen LogP contribution in [0.25, 0.3) is 0 Å². The molecular weight excluding hydrogens is 158 g/mol. The molecule has 1 nitrogen and oxygen atoms in total. The zero-order valence-corrected chi connectivity index (χ0v) is 8.24. The Kier molecular flexibility index (Phi) is 2.65. The van der Waals surface area contributed by atoms with Crippen molar-refractivity contribution in [3.8, 4) is 0 Å². The van der Waals surface area contributed by atoms with E-state index in [1.807, 2.05) is 0 Å². The average Bonchev–Trinajstić information content (AvgIpc) is 2.99. The number of hydrogen-bond acceptors (Lipinski definition) is 1. The molecule has 1 aromatic carbocycles. The van der Waals surface area contributed by atoms with Crippen LogP contribution in [0.5, 0.6) is 0 Å². The summed E-state index contributed by atoms with van der Waals surface area (Å²) in [5, 5.41) is 0. The molecule has 1 heteroatoms. The zero-order chi connectivity index (χ0) is 9.10. The highest BCUT2D eigenvalue weighted by atomic mass is 15.1. The van der Waals surface area contributed by atoms with Crippen molar-refractivity contribution in [3.63, 3.8) is 0 Å². The van der Waals surface area contributed by atoms with Crippen molar-refractivity contribution in [1.29, 1.82) is 0 Å². The second-order valence-electron chi connectivity index (χ2n) is 3.95. The summed E-state index contributed by atoms with van der Waals surface area (Å²) in [6.07, 6.45) is 4.00. The third-order valence-corrected chi connectivity index (χ3v) is 2.77. The van der Waals surface area contributed by atoms with Gasteiger partial charge in [-0.05, 0) is 31.9 Å². The summed E-state index contributed by atoms with van der Waals surface area (Å²) in [4.78, 5) is 2.48. The van der Waals surface area contributed by atoms with E-state index in [4.69, 9.17) is 0 Å². The Labute approximate surface area is 80.4 Å². The summed E-state index contributed by atoms with van der Waals surface area (Å²) in [5.41, 5.74) is 1.45. The smallest absolute Gasteiger partial charge is 0.00935 e. The van der Waals surface area contributed by atoms with Gasteiger partial charge in [0, 0.05) is 12.6 Å². The molecule has 1 aliphatic carbocycles. The third kappa shape index (κ3) is 2.56. The molecule has 0 amide bonds. The number of hydrogen-bond donors (Lipinski definition) is 0. The minimum Gasteiger partial charge on any atom is -0.303 e. The maximum absolute atomic E-state index is 2.48. The quantitative estimate of drug-likeness (QED) is 0.679. The van der Waals surface area contributed by atoms with Crippen LogP contribution in [0.1, 0.15) is 18.4 Å². The average molecular weight is 175 g/mol. The number of nitrogens with zero attached hydrogens (tertiary/aromatic N) is 1. The fourth-order valence-corrected chi connectivity index (χ4v) is 1.65. The maximum Gasteiger partial charge on any atom is 0.00935 e. The van der Waals surface area contributed by atoms with Crippen LogP contribution in [0.3, 0.4) is 0 Å². The van der Waals surface area contributed by atoms with Crippen LogP contribution in [0.15, 0.2) is 30.3 Å². The number of benzene rings is 1. The van der Waals surface area contributed by atoms with Crippen molar-refractivity contribution >= 4 is 0 Å². The molecule has 0 aromatic heterocycles. The van der Waals surface area contributed by atoms with Gasteiger partial charge >= 0.3 is 0 Å². The van der Waals surface area contributed by atoms with Crippen LogP contribution in [-0.4, -0.2) is 24.5 Å². The van der Waals surface area contributed by atoms with E-state index >= 15 is 0 Å². The Hall–Kier alpha value is -0.820. The first-order chi connectivity index (χ1) is 6.36. The van der Waals surface area contributed by atoms with Crippen LogP contribution in [0.4, 0.5) is 0 Å².